The first kappa shape index (κ1) is 41.5. The number of piperidine rings is 2. The third-order valence-electron chi connectivity index (χ3n) is 13.7. The molecular weight excluding hydrogens is 785 g/mol. The lowest BCUT2D eigenvalue weighted by atomic mass is 9.49. The predicted octanol–water partition coefficient (Wildman–Crippen LogP) is 6.15. The topological polar surface area (TPSA) is 138 Å². The number of nitrogens with one attached hydrogen (secondary N) is 2. The first-order valence-corrected chi connectivity index (χ1v) is 21.5. The highest BCUT2D eigenvalue weighted by Gasteiger charge is 2.64. The number of piperazine rings is 1. The van der Waals surface area contributed by atoms with Crippen molar-refractivity contribution in [3.63, 3.8) is 0 Å². The summed E-state index contributed by atoms with van der Waals surface area (Å²) in [6.07, 6.45) is 3.58. The average molecular weight is 838 g/mol. The Labute approximate surface area is 355 Å². The number of benzene rings is 3. The van der Waals surface area contributed by atoms with E-state index in [4.69, 9.17) is 16.3 Å². The van der Waals surface area contributed by atoms with Gasteiger partial charge >= 0.3 is 0 Å². The van der Waals surface area contributed by atoms with Crippen LogP contribution in [-0.4, -0.2) is 97.4 Å². The first-order valence-electron chi connectivity index (χ1n) is 21.1. The van der Waals surface area contributed by atoms with Crippen molar-refractivity contribution in [1.29, 1.82) is 5.26 Å². The van der Waals surface area contributed by atoms with Crippen LogP contribution in [0.2, 0.25) is 5.02 Å². The molecule has 2 N–H and O–H groups in total. The van der Waals surface area contributed by atoms with Gasteiger partial charge in [0, 0.05) is 92.0 Å². The van der Waals surface area contributed by atoms with Crippen LogP contribution >= 0.6 is 11.6 Å². The number of nitrogens with zero attached hydrogens (tertiary/aromatic N) is 5. The number of nitriles is 1. The third kappa shape index (κ3) is 7.92. The second-order valence-electron chi connectivity index (χ2n) is 18.3. The van der Waals surface area contributed by atoms with E-state index < -0.39 is 17.8 Å². The van der Waals surface area contributed by atoms with Crippen LogP contribution in [0.5, 0.6) is 5.75 Å². The summed E-state index contributed by atoms with van der Waals surface area (Å²) in [6, 6.07) is 17.3. The van der Waals surface area contributed by atoms with Crippen molar-refractivity contribution in [3.8, 4) is 11.8 Å². The predicted molar refractivity (Wildman–Crippen MR) is 226 cm³/mol. The van der Waals surface area contributed by atoms with Crippen LogP contribution in [0.1, 0.15) is 91.6 Å². The molecule has 0 radical (unpaired) electrons. The molecule has 3 saturated heterocycles. The van der Waals surface area contributed by atoms with E-state index >= 15 is 4.39 Å². The molecule has 4 aliphatic heterocycles. The highest BCUT2D eigenvalue weighted by molar-refractivity contribution is 6.31. The van der Waals surface area contributed by atoms with Crippen LogP contribution in [0.3, 0.4) is 0 Å². The Kier molecular flexibility index (Phi) is 11.3. The molecule has 60 heavy (non-hydrogen) atoms. The van der Waals surface area contributed by atoms with Crippen molar-refractivity contribution in [2.45, 2.75) is 84.5 Å². The van der Waals surface area contributed by atoms with Gasteiger partial charge in [-0.15, -0.1) is 0 Å². The second kappa shape index (κ2) is 16.3. The number of imide groups is 1. The molecule has 4 heterocycles. The fourth-order valence-corrected chi connectivity index (χ4v) is 10.7. The number of amides is 4. The summed E-state index contributed by atoms with van der Waals surface area (Å²) in [7, 11) is 0. The maximum absolute atomic E-state index is 15.4. The number of hydrogen-bond acceptors (Lipinski definition) is 9. The van der Waals surface area contributed by atoms with Crippen molar-refractivity contribution < 1.29 is 28.3 Å². The van der Waals surface area contributed by atoms with Crippen molar-refractivity contribution >= 4 is 46.6 Å². The van der Waals surface area contributed by atoms with Crippen LogP contribution < -0.4 is 25.2 Å². The minimum atomic E-state index is -0.725. The number of fused-ring (bicyclic) bond motifs is 1. The maximum atomic E-state index is 15.4. The zero-order valence-corrected chi connectivity index (χ0v) is 35.5. The highest BCUT2D eigenvalue weighted by Crippen LogP contribution is 2.55. The fraction of sp³-hybridized carbons (Fsp3) is 0.500. The van der Waals surface area contributed by atoms with Crippen LogP contribution in [0.15, 0.2) is 54.6 Å². The molecular formula is C46H53ClFN7O5. The fourth-order valence-electron chi connectivity index (χ4n) is 10.5. The number of carbonyl (C=O) groups excluding carboxylic acids is 4. The van der Waals surface area contributed by atoms with Crippen molar-refractivity contribution in [3.05, 3.63) is 87.7 Å². The molecule has 0 spiro atoms. The summed E-state index contributed by atoms with van der Waals surface area (Å²) in [5, 5.41) is 15.2. The number of rotatable bonds is 10. The quantitative estimate of drug-likeness (QED) is 0.230. The monoisotopic (exact) mass is 837 g/mol. The van der Waals surface area contributed by atoms with E-state index in [1.165, 1.54) is 11.0 Å². The standard InChI is InChI=1S/C46H53ClFN7O5/c1-45(2)43(46(3,4)44(45)60-33-10-7-30(26-49)35(47)24-33)51-40(57)29-5-8-32(9-6-29)53-17-14-28(15-18-53)13-16-52-19-21-54(22-20-52)38-23-31-27-55(42(59)34(31)25-36(38)48)37-11-12-39(56)50-41(37)58/h5-10,23-25,28,37,43-44H,11-22,27H2,1-4H3,(H,51,57)(H,50,56,58)/t37?,43-,44-. The van der Waals surface area contributed by atoms with E-state index in [1.807, 2.05) is 24.3 Å². The highest BCUT2D eigenvalue weighted by atomic mass is 35.5. The van der Waals surface area contributed by atoms with Gasteiger partial charge < -0.3 is 24.8 Å². The lowest BCUT2D eigenvalue weighted by molar-refractivity contribution is -0.164. The Bertz CT molecular complexity index is 2210. The molecule has 5 aliphatic rings. The van der Waals surface area contributed by atoms with Gasteiger partial charge in [0.15, 0.2) is 0 Å². The van der Waals surface area contributed by atoms with E-state index in [0.29, 0.717) is 57.7 Å². The minimum Gasteiger partial charge on any atom is -0.489 e. The van der Waals surface area contributed by atoms with E-state index in [1.54, 1.807) is 24.3 Å². The zero-order valence-electron chi connectivity index (χ0n) is 34.7. The van der Waals surface area contributed by atoms with E-state index in [-0.39, 0.29) is 60.1 Å². The van der Waals surface area contributed by atoms with Gasteiger partial charge in [-0.1, -0.05) is 39.3 Å². The number of halogens is 2. The minimum absolute atomic E-state index is 0.112. The molecule has 1 aliphatic carbocycles. The lowest BCUT2D eigenvalue weighted by Gasteiger charge is -2.63. The van der Waals surface area contributed by atoms with Gasteiger partial charge in [-0.25, -0.2) is 4.39 Å². The Balaban J connectivity index is 0.771. The van der Waals surface area contributed by atoms with Crippen molar-refractivity contribution in [2.75, 3.05) is 55.6 Å². The van der Waals surface area contributed by atoms with Gasteiger partial charge in [0.1, 0.15) is 29.8 Å². The first-order chi connectivity index (χ1) is 28.6. The average Bonchev–Trinajstić information content (AvgIpc) is 3.55. The van der Waals surface area contributed by atoms with Gasteiger partial charge in [0.2, 0.25) is 11.8 Å². The summed E-state index contributed by atoms with van der Waals surface area (Å²) >= 11 is 6.25. The SMILES string of the molecule is CC1(C)[C@H](NC(=O)c2ccc(N3CCC(CCN4CCN(c5cc6c(cc5F)C(=O)N(C5CCC(=O)NC5=O)C6)CC4)CC3)cc2)C(C)(C)[C@H]1Oc1ccc(C#N)c(Cl)c1. The van der Waals surface area contributed by atoms with Gasteiger partial charge in [-0.05, 0) is 92.2 Å². The molecule has 1 unspecified atom stereocenters. The van der Waals surface area contributed by atoms with Crippen LogP contribution in [-0.2, 0) is 16.1 Å². The van der Waals surface area contributed by atoms with Crippen molar-refractivity contribution in [2.24, 2.45) is 16.7 Å². The van der Waals surface area contributed by atoms with Gasteiger partial charge in [0.25, 0.3) is 11.8 Å². The smallest absolute Gasteiger partial charge is 0.255 e. The molecule has 3 aromatic rings. The van der Waals surface area contributed by atoms with Crippen LogP contribution in [0.25, 0.3) is 0 Å². The molecule has 3 aromatic carbocycles. The van der Waals surface area contributed by atoms with E-state index in [9.17, 15) is 24.4 Å². The Morgan fingerprint density at radius 1 is 0.933 bits per heavy atom. The van der Waals surface area contributed by atoms with Crippen LogP contribution in [0.4, 0.5) is 15.8 Å². The molecule has 0 bridgehead atoms. The van der Waals surface area contributed by atoms with Crippen molar-refractivity contribution in [1.82, 2.24) is 20.4 Å². The van der Waals surface area contributed by atoms with Gasteiger partial charge in [-0.2, -0.15) is 5.26 Å². The maximum Gasteiger partial charge on any atom is 0.255 e. The number of carbonyl (C=O) groups is 4. The van der Waals surface area contributed by atoms with Gasteiger partial charge in [0.05, 0.1) is 16.3 Å². The number of ether oxygens (including phenoxy) is 1. The Hall–Kier alpha value is -5.19. The van der Waals surface area contributed by atoms with Gasteiger partial charge in [-0.3, -0.25) is 29.4 Å². The van der Waals surface area contributed by atoms with E-state index in [0.717, 1.165) is 57.7 Å². The molecule has 14 heteroatoms. The second-order valence-corrected chi connectivity index (χ2v) is 18.7. The Morgan fingerprint density at radius 2 is 1.63 bits per heavy atom. The molecule has 316 valence electrons. The molecule has 1 saturated carbocycles. The number of hydrogen-bond donors (Lipinski definition) is 2. The summed E-state index contributed by atoms with van der Waals surface area (Å²) in [4.78, 5) is 59.0. The summed E-state index contributed by atoms with van der Waals surface area (Å²) < 4.78 is 21.8. The molecule has 12 nitrogen and oxygen atoms in total. The molecule has 0 aromatic heterocycles. The van der Waals surface area contributed by atoms with E-state index in [2.05, 4.69) is 59.1 Å². The third-order valence-corrected chi connectivity index (χ3v) is 14.0. The largest absolute Gasteiger partial charge is 0.489 e. The number of anilines is 2. The normalized spacial score (nSPS) is 24.1. The lowest BCUT2D eigenvalue weighted by Crippen LogP contribution is -2.74. The zero-order chi connectivity index (χ0) is 42.5. The molecule has 8 rings (SSSR count). The Morgan fingerprint density at radius 3 is 2.28 bits per heavy atom. The summed E-state index contributed by atoms with van der Waals surface area (Å²) in [6.45, 7) is 14.6. The summed E-state index contributed by atoms with van der Waals surface area (Å²) in [5.74, 6) is -0.499. The molecule has 4 amide bonds. The molecule has 4 fully saturated rings. The summed E-state index contributed by atoms with van der Waals surface area (Å²) in [5.41, 5.74) is 2.93. The van der Waals surface area contributed by atoms with Crippen LogP contribution in [0, 0.1) is 33.9 Å². The molecule has 1 atom stereocenters.